The molecule has 32 heavy (non-hydrogen) atoms. The maximum Gasteiger partial charge on any atom is 0.123 e. The Bertz CT molecular complexity index is 1000. The van der Waals surface area contributed by atoms with E-state index in [0.717, 1.165) is 54.6 Å². The summed E-state index contributed by atoms with van der Waals surface area (Å²) < 4.78 is 16.5. The maximum absolute atomic E-state index is 14.2. The third-order valence-electron chi connectivity index (χ3n) is 8.35. The second kappa shape index (κ2) is 8.82. The normalized spacial score (nSPS) is 29.1. The molecule has 1 N–H and O–H groups in total. The summed E-state index contributed by atoms with van der Waals surface area (Å²) in [6.07, 6.45) is 17.5. The quantitative estimate of drug-likeness (QED) is 0.425. The van der Waals surface area contributed by atoms with Gasteiger partial charge in [-0.05, 0) is 114 Å². The molecular weight excluding hydrogens is 395 g/mol. The first-order valence-electron chi connectivity index (χ1n) is 12.7. The number of nitrogens with one attached hydrogen (secondary N) is 1. The molecule has 0 aliphatic heterocycles. The minimum Gasteiger partial charge on any atom is -0.343 e. The molecule has 4 saturated carbocycles. The fourth-order valence-electron chi connectivity index (χ4n) is 7.19. The molecule has 0 spiro atoms. The standard InChI is InChI=1S/C29H39FN2/c1-20(2)5-4-6-21(3)9-10-32-19-25(27-14-26(30)7-8-28(27)32)18-31-29-15-22-11-23(16-29)13-24(12-22)17-29/h5,7-9,14,19,22-24,31H,4,6,10-13,15-18H2,1-3H3/b21-9+. The van der Waals surface area contributed by atoms with E-state index >= 15 is 0 Å². The van der Waals surface area contributed by atoms with Crippen LogP contribution in [0.3, 0.4) is 0 Å². The van der Waals surface area contributed by atoms with Gasteiger partial charge in [0.2, 0.25) is 0 Å². The average Bonchev–Trinajstić information content (AvgIpc) is 3.06. The lowest BCUT2D eigenvalue weighted by molar-refractivity contribution is -0.0205. The zero-order chi connectivity index (χ0) is 22.3. The van der Waals surface area contributed by atoms with E-state index in [0.29, 0.717) is 5.54 Å². The summed E-state index contributed by atoms with van der Waals surface area (Å²) in [6.45, 7) is 8.23. The molecular formula is C29H39FN2. The van der Waals surface area contributed by atoms with Crippen LogP contribution in [-0.4, -0.2) is 10.1 Å². The van der Waals surface area contributed by atoms with Crippen LogP contribution in [0.25, 0.3) is 10.9 Å². The number of rotatable bonds is 8. The van der Waals surface area contributed by atoms with Gasteiger partial charge >= 0.3 is 0 Å². The fourth-order valence-corrected chi connectivity index (χ4v) is 7.19. The number of nitrogens with zero attached hydrogens (tertiary/aromatic N) is 1. The fraction of sp³-hybridized carbons (Fsp3) is 0.586. The number of aromatic nitrogens is 1. The number of benzene rings is 1. The Balaban J connectivity index is 1.32. The van der Waals surface area contributed by atoms with E-state index in [2.05, 4.69) is 49.0 Å². The van der Waals surface area contributed by atoms with Crippen molar-refractivity contribution < 1.29 is 4.39 Å². The van der Waals surface area contributed by atoms with Crippen molar-refractivity contribution in [1.29, 1.82) is 0 Å². The Morgan fingerprint density at radius 3 is 2.41 bits per heavy atom. The van der Waals surface area contributed by atoms with Gasteiger partial charge in [0, 0.05) is 35.7 Å². The summed E-state index contributed by atoms with van der Waals surface area (Å²) in [6, 6.07) is 5.28. The Kier molecular flexibility index (Phi) is 6.05. The van der Waals surface area contributed by atoms with Crippen LogP contribution in [0.2, 0.25) is 0 Å². The summed E-state index contributed by atoms with van der Waals surface area (Å²) in [4.78, 5) is 0. The van der Waals surface area contributed by atoms with Crippen molar-refractivity contribution in [2.45, 2.75) is 90.8 Å². The molecule has 0 atom stereocenters. The van der Waals surface area contributed by atoms with Crippen molar-refractivity contribution in [1.82, 2.24) is 9.88 Å². The highest BCUT2D eigenvalue weighted by molar-refractivity contribution is 5.84. The molecule has 172 valence electrons. The SMILES string of the molecule is CC(C)=CCC/C(C)=C/Cn1cc(CNC23CC4CC(CC(C4)C2)C3)c2cc(F)ccc21. The molecule has 4 fully saturated rings. The molecule has 0 radical (unpaired) electrons. The lowest BCUT2D eigenvalue weighted by Crippen LogP contribution is -2.58. The molecule has 1 aromatic heterocycles. The van der Waals surface area contributed by atoms with Gasteiger partial charge < -0.3 is 9.88 Å². The molecule has 2 nitrogen and oxygen atoms in total. The number of hydrogen-bond donors (Lipinski definition) is 1. The highest BCUT2D eigenvalue weighted by atomic mass is 19.1. The van der Waals surface area contributed by atoms with Crippen LogP contribution in [0.5, 0.6) is 0 Å². The van der Waals surface area contributed by atoms with Crippen LogP contribution in [0.4, 0.5) is 4.39 Å². The van der Waals surface area contributed by atoms with E-state index in [-0.39, 0.29) is 5.82 Å². The van der Waals surface area contributed by atoms with Crippen molar-refractivity contribution in [3.63, 3.8) is 0 Å². The lowest BCUT2D eigenvalue weighted by Gasteiger charge is -2.57. The van der Waals surface area contributed by atoms with E-state index in [1.54, 1.807) is 12.1 Å². The summed E-state index contributed by atoms with van der Waals surface area (Å²) in [5.74, 6) is 2.67. The third-order valence-corrected chi connectivity index (χ3v) is 8.35. The van der Waals surface area contributed by atoms with Crippen LogP contribution in [0, 0.1) is 23.6 Å². The summed E-state index contributed by atoms with van der Waals surface area (Å²) in [5.41, 5.74) is 5.51. The first-order valence-corrected chi connectivity index (χ1v) is 12.7. The third kappa shape index (κ3) is 4.59. The smallest absolute Gasteiger partial charge is 0.123 e. The first-order chi connectivity index (χ1) is 15.4. The minimum absolute atomic E-state index is 0.139. The van der Waals surface area contributed by atoms with Gasteiger partial charge in [0.1, 0.15) is 5.82 Å². The predicted octanol–water partition coefficient (Wildman–Crippen LogP) is 7.53. The van der Waals surface area contributed by atoms with E-state index in [9.17, 15) is 4.39 Å². The van der Waals surface area contributed by atoms with Gasteiger partial charge in [-0.15, -0.1) is 0 Å². The summed E-state index contributed by atoms with van der Waals surface area (Å²) >= 11 is 0. The van der Waals surface area contributed by atoms with Crippen molar-refractivity contribution in [3.8, 4) is 0 Å². The molecule has 0 amide bonds. The summed E-state index contributed by atoms with van der Waals surface area (Å²) in [7, 11) is 0. The monoisotopic (exact) mass is 434 g/mol. The molecule has 4 aliphatic rings. The Morgan fingerprint density at radius 1 is 1.06 bits per heavy atom. The predicted molar refractivity (Wildman–Crippen MR) is 132 cm³/mol. The van der Waals surface area contributed by atoms with Gasteiger partial charge in [-0.1, -0.05) is 23.3 Å². The topological polar surface area (TPSA) is 17.0 Å². The molecule has 0 unspecified atom stereocenters. The molecule has 1 aromatic carbocycles. The van der Waals surface area contributed by atoms with Gasteiger partial charge in [0.15, 0.2) is 0 Å². The van der Waals surface area contributed by atoms with Crippen molar-refractivity contribution in [2.24, 2.45) is 17.8 Å². The summed E-state index contributed by atoms with van der Waals surface area (Å²) in [5, 5.41) is 5.08. The number of allylic oxidation sites excluding steroid dienone is 4. The molecule has 2 aromatic rings. The van der Waals surface area contributed by atoms with Crippen LogP contribution in [0.15, 0.2) is 47.7 Å². The largest absolute Gasteiger partial charge is 0.343 e. The highest BCUT2D eigenvalue weighted by Gasteiger charge is 2.50. The second-order valence-electron chi connectivity index (χ2n) is 11.4. The Morgan fingerprint density at radius 2 is 1.75 bits per heavy atom. The highest BCUT2D eigenvalue weighted by Crippen LogP contribution is 2.55. The number of halogens is 1. The second-order valence-corrected chi connectivity index (χ2v) is 11.4. The first kappa shape index (κ1) is 21.9. The van der Waals surface area contributed by atoms with Gasteiger partial charge in [0.25, 0.3) is 0 Å². The average molecular weight is 435 g/mol. The maximum atomic E-state index is 14.2. The molecule has 4 aliphatic carbocycles. The number of hydrogen-bond acceptors (Lipinski definition) is 1. The van der Waals surface area contributed by atoms with E-state index in [1.807, 2.05) is 6.07 Å². The van der Waals surface area contributed by atoms with Crippen LogP contribution < -0.4 is 5.32 Å². The van der Waals surface area contributed by atoms with Crippen molar-refractivity contribution in [2.75, 3.05) is 0 Å². The van der Waals surface area contributed by atoms with Crippen LogP contribution >= 0.6 is 0 Å². The van der Waals surface area contributed by atoms with Gasteiger partial charge in [-0.2, -0.15) is 0 Å². The van der Waals surface area contributed by atoms with Gasteiger partial charge in [-0.25, -0.2) is 4.39 Å². The molecule has 0 saturated heterocycles. The zero-order valence-corrected chi connectivity index (χ0v) is 20.1. The molecule has 1 heterocycles. The molecule has 6 rings (SSSR count). The lowest BCUT2D eigenvalue weighted by atomic mass is 9.53. The van der Waals surface area contributed by atoms with E-state index in [4.69, 9.17) is 0 Å². The van der Waals surface area contributed by atoms with Crippen molar-refractivity contribution in [3.05, 3.63) is 59.1 Å². The van der Waals surface area contributed by atoms with E-state index in [1.165, 1.54) is 55.2 Å². The Hall–Kier alpha value is -1.87. The Labute approximate surface area is 193 Å². The van der Waals surface area contributed by atoms with Gasteiger partial charge in [0.05, 0.1) is 0 Å². The van der Waals surface area contributed by atoms with Crippen molar-refractivity contribution >= 4 is 10.9 Å². The number of fused-ring (bicyclic) bond motifs is 1. The van der Waals surface area contributed by atoms with E-state index < -0.39 is 0 Å². The molecule has 4 bridgehead atoms. The minimum atomic E-state index is -0.139. The van der Waals surface area contributed by atoms with Crippen LogP contribution in [0.1, 0.15) is 77.7 Å². The zero-order valence-electron chi connectivity index (χ0n) is 20.1. The van der Waals surface area contributed by atoms with Gasteiger partial charge in [-0.3, -0.25) is 0 Å². The molecule has 3 heteroatoms. The van der Waals surface area contributed by atoms with Crippen LogP contribution in [-0.2, 0) is 13.1 Å².